The van der Waals surface area contributed by atoms with Crippen LogP contribution in [-0.2, 0) is 23.0 Å². The van der Waals surface area contributed by atoms with Crippen LogP contribution in [0.25, 0.3) is 11.0 Å². The maximum absolute atomic E-state index is 13.3. The van der Waals surface area contributed by atoms with E-state index in [0.717, 1.165) is 6.07 Å². The Kier molecular flexibility index (Phi) is 6.53. The molecule has 0 unspecified atom stereocenters. The zero-order chi connectivity index (χ0) is 24.5. The lowest BCUT2D eigenvalue weighted by Crippen LogP contribution is -2.31. The summed E-state index contributed by atoms with van der Waals surface area (Å²) in [7, 11) is 1.46. The topological polar surface area (TPSA) is 108 Å². The molecule has 0 saturated heterocycles. The van der Waals surface area contributed by atoms with Crippen LogP contribution in [0.4, 0.5) is 4.39 Å². The molecule has 0 fully saturated rings. The third-order valence-corrected chi connectivity index (χ3v) is 4.97. The summed E-state index contributed by atoms with van der Waals surface area (Å²) in [4.78, 5) is 42.6. The second kappa shape index (κ2) is 9.01. The molecule has 2 aromatic heterocycles. The number of carbonyl (C=O) groups is 2. The number of ether oxygens (including phenoxy) is 2. The molecule has 0 amide bonds. The number of esters is 2. The molecule has 0 aliphatic heterocycles. The van der Waals surface area contributed by atoms with Crippen molar-refractivity contribution in [2.24, 2.45) is 12.5 Å². The van der Waals surface area contributed by atoms with Crippen LogP contribution in [0.1, 0.15) is 49.2 Å². The molecule has 1 N–H and O–H groups in total. The normalized spacial score (nSPS) is 11.5. The van der Waals surface area contributed by atoms with Crippen molar-refractivity contribution in [3.05, 3.63) is 63.3 Å². The van der Waals surface area contributed by atoms with Crippen LogP contribution in [0, 0.1) is 11.2 Å². The zero-order valence-corrected chi connectivity index (χ0v) is 19.1. The molecule has 0 bridgehead atoms. The monoisotopic (exact) mass is 456 g/mol. The van der Waals surface area contributed by atoms with E-state index in [1.54, 1.807) is 33.8 Å². The fourth-order valence-corrected chi connectivity index (χ4v) is 3.15. The van der Waals surface area contributed by atoms with E-state index in [-0.39, 0.29) is 30.0 Å². The Bertz CT molecular complexity index is 1310. The zero-order valence-electron chi connectivity index (χ0n) is 19.1. The van der Waals surface area contributed by atoms with Crippen LogP contribution < -0.4 is 10.3 Å². The first-order chi connectivity index (χ1) is 15.4. The van der Waals surface area contributed by atoms with Gasteiger partial charge < -0.3 is 19.1 Å². The number of aromatic hydroxyl groups is 1. The summed E-state index contributed by atoms with van der Waals surface area (Å²) in [6.45, 7) is 6.55. The Morgan fingerprint density at radius 3 is 2.52 bits per heavy atom. The molecule has 174 valence electrons. The number of fused-ring (bicyclic) bond motifs is 1. The number of phenols is 1. The van der Waals surface area contributed by atoms with Gasteiger partial charge in [-0.25, -0.2) is 9.18 Å². The predicted octanol–water partition coefficient (Wildman–Crippen LogP) is 3.50. The third kappa shape index (κ3) is 4.87. The maximum atomic E-state index is 13.3. The van der Waals surface area contributed by atoms with Crippen LogP contribution in [0.2, 0.25) is 0 Å². The number of aryl methyl sites for hydroxylation is 1. The molecule has 1 aromatic carbocycles. The van der Waals surface area contributed by atoms with Gasteiger partial charge in [0.15, 0.2) is 11.3 Å². The van der Waals surface area contributed by atoms with Gasteiger partial charge in [-0.3, -0.25) is 14.6 Å². The number of hydrogen-bond acceptors (Lipinski definition) is 7. The Labute approximate surface area is 189 Å². The quantitative estimate of drug-likeness (QED) is 0.586. The molecule has 33 heavy (non-hydrogen) atoms. The number of rotatable bonds is 5. The van der Waals surface area contributed by atoms with Crippen molar-refractivity contribution >= 4 is 23.0 Å². The molecule has 0 saturated carbocycles. The highest BCUT2D eigenvalue weighted by molar-refractivity contribution is 6.00. The number of pyridine rings is 2. The second-order valence-corrected chi connectivity index (χ2v) is 8.59. The van der Waals surface area contributed by atoms with Crippen molar-refractivity contribution in [2.75, 3.05) is 6.61 Å². The van der Waals surface area contributed by atoms with Gasteiger partial charge in [0.05, 0.1) is 17.5 Å². The van der Waals surface area contributed by atoms with Crippen LogP contribution in [0.15, 0.2) is 35.3 Å². The Hall–Kier alpha value is -3.75. The summed E-state index contributed by atoms with van der Waals surface area (Å²) in [5.41, 5.74) is -0.517. The minimum absolute atomic E-state index is 0.0280. The van der Waals surface area contributed by atoms with Crippen LogP contribution in [-0.4, -0.2) is 33.2 Å². The fourth-order valence-electron chi connectivity index (χ4n) is 3.15. The molecular formula is C24H25FN2O6. The fraction of sp³-hybridized carbons (Fsp3) is 0.333. The van der Waals surface area contributed by atoms with Crippen molar-refractivity contribution in [3.8, 4) is 11.5 Å². The number of nitrogens with zero attached hydrogens (tertiary/aromatic N) is 2. The van der Waals surface area contributed by atoms with E-state index in [4.69, 9.17) is 9.47 Å². The van der Waals surface area contributed by atoms with Gasteiger partial charge in [0.25, 0.3) is 5.56 Å². The van der Waals surface area contributed by atoms with Crippen molar-refractivity contribution < 1.29 is 28.6 Å². The Morgan fingerprint density at radius 2 is 1.91 bits per heavy atom. The molecule has 0 aliphatic rings. The van der Waals surface area contributed by atoms with Crippen LogP contribution in [0.3, 0.4) is 0 Å². The van der Waals surface area contributed by atoms with Crippen molar-refractivity contribution in [3.63, 3.8) is 0 Å². The SMILES string of the molecule is CCOC(=O)c1c(OC(=O)C(C)(C)C)c2ncc(Cc3ccc(F)cc3O)cc2n(C)c1=O. The first kappa shape index (κ1) is 23.9. The minimum Gasteiger partial charge on any atom is -0.508 e. The molecule has 3 aromatic rings. The van der Waals surface area contributed by atoms with Crippen LogP contribution in [0.5, 0.6) is 11.5 Å². The summed E-state index contributed by atoms with van der Waals surface area (Å²) in [5, 5.41) is 10.0. The minimum atomic E-state index is -0.918. The van der Waals surface area contributed by atoms with Gasteiger partial charge in [0.1, 0.15) is 17.1 Å². The van der Waals surface area contributed by atoms with Crippen LogP contribution >= 0.6 is 0 Å². The molecule has 9 heteroatoms. The van der Waals surface area contributed by atoms with E-state index in [9.17, 15) is 23.9 Å². The number of halogens is 1. The predicted molar refractivity (Wildman–Crippen MR) is 119 cm³/mol. The lowest BCUT2D eigenvalue weighted by atomic mass is 9.97. The first-order valence-corrected chi connectivity index (χ1v) is 10.3. The van der Waals surface area contributed by atoms with E-state index in [0.29, 0.717) is 16.6 Å². The maximum Gasteiger partial charge on any atom is 0.347 e. The average Bonchev–Trinajstić information content (AvgIpc) is 2.73. The highest BCUT2D eigenvalue weighted by Crippen LogP contribution is 2.30. The highest BCUT2D eigenvalue weighted by Gasteiger charge is 2.30. The summed E-state index contributed by atoms with van der Waals surface area (Å²) in [5.74, 6) is -2.60. The van der Waals surface area contributed by atoms with Gasteiger partial charge in [-0.05, 0) is 51.0 Å². The molecular weight excluding hydrogens is 431 g/mol. The smallest absolute Gasteiger partial charge is 0.347 e. The summed E-state index contributed by atoms with van der Waals surface area (Å²) >= 11 is 0. The number of aromatic nitrogens is 2. The highest BCUT2D eigenvalue weighted by atomic mass is 19.1. The second-order valence-electron chi connectivity index (χ2n) is 8.59. The van der Waals surface area contributed by atoms with E-state index >= 15 is 0 Å². The number of benzene rings is 1. The number of carbonyl (C=O) groups excluding carboxylic acids is 2. The van der Waals surface area contributed by atoms with Crippen molar-refractivity contribution in [1.82, 2.24) is 9.55 Å². The Morgan fingerprint density at radius 1 is 1.21 bits per heavy atom. The average molecular weight is 456 g/mol. The van der Waals surface area contributed by atoms with Gasteiger partial charge in [0, 0.05) is 25.7 Å². The molecule has 0 radical (unpaired) electrons. The van der Waals surface area contributed by atoms with Gasteiger partial charge in [-0.15, -0.1) is 0 Å². The van der Waals surface area contributed by atoms with E-state index in [1.807, 2.05) is 0 Å². The lowest BCUT2D eigenvalue weighted by Gasteiger charge is -2.19. The van der Waals surface area contributed by atoms with E-state index in [2.05, 4.69) is 4.98 Å². The largest absolute Gasteiger partial charge is 0.508 e. The molecule has 0 atom stereocenters. The third-order valence-electron chi connectivity index (χ3n) is 4.97. The van der Waals surface area contributed by atoms with Gasteiger partial charge >= 0.3 is 11.9 Å². The Balaban J connectivity index is 2.20. The lowest BCUT2D eigenvalue weighted by molar-refractivity contribution is -0.142. The van der Waals surface area contributed by atoms with Crippen molar-refractivity contribution in [2.45, 2.75) is 34.1 Å². The summed E-state index contributed by atoms with van der Waals surface area (Å²) in [6, 6.07) is 5.33. The molecule has 8 nitrogen and oxygen atoms in total. The molecule has 0 aliphatic carbocycles. The molecule has 2 heterocycles. The van der Waals surface area contributed by atoms with Gasteiger partial charge in [-0.2, -0.15) is 0 Å². The van der Waals surface area contributed by atoms with Gasteiger partial charge in [-0.1, -0.05) is 6.07 Å². The molecule has 0 spiro atoms. The van der Waals surface area contributed by atoms with E-state index < -0.39 is 34.3 Å². The number of hydrogen-bond donors (Lipinski definition) is 1. The summed E-state index contributed by atoms with van der Waals surface area (Å²) in [6.07, 6.45) is 1.68. The van der Waals surface area contributed by atoms with E-state index in [1.165, 1.54) is 29.9 Å². The number of phenolic OH excluding ortho intramolecular Hbond substituents is 1. The first-order valence-electron chi connectivity index (χ1n) is 10.3. The summed E-state index contributed by atoms with van der Waals surface area (Å²) < 4.78 is 25.0. The molecule has 3 rings (SSSR count). The van der Waals surface area contributed by atoms with Gasteiger partial charge in [0.2, 0.25) is 0 Å². The standard InChI is InChI=1S/C24H25FN2O6/c1-6-32-22(30)18-20(33-23(31)24(2,3)4)19-16(27(5)21(18)29)10-13(12-26-19)9-14-7-8-15(25)11-17(14)28/h7-8,10-12,28H,6,9H2,1-5H3. The van der Waals surface area contributed by atoms with Crippen molar-refractivity contribution in [1.29, 1.82) is 0 Å².